The molecule has 10 heteroatoms. The van der Waals surface area contributed by atoms with Crippen molar-refractivity contribution in [3.8, 4) is 0 Å². The number of thioether (sulfide) groups is 1. The molecule has 1 aromatic carbocycles. The molecule has 0 aliphatic heterocycles. The van der Waals surface area contributed by atoms with Crippen molar-refractivity contribution in [3.63, 3.8) is 0 Å². The van der Waals surface area contributed by atoms with Gasteiger partial charge in [0.1, 0.15) is 0 Å². The SMILES string of the molecule is O=S(=O)(Nc1ccc(SC(F)(F)F)cc1)c1sccc1Br. The number of nitrogens with one attached hydrogen (secondary N) is 1. The zero-order valence-electron chi connectivity index (χ0n) is 10.0. The van der Waals surface area contributed by atoms with Crippen molar-refractivity contribution in [3.05, 3.63) is 40.2 Å². The average molecular weight is 418 g/mol. The van der Waals surface area contributed by atoms with E-state index >= 15 is 0 Å². The molecule has 0 aliphatic carbocycles. The zero-order valence-corrected chi connectivity index (χ0v) is 14.1. The van der Waals surface area contributed by atoms with Crippen LogP contribution in [0.5, 0.6) is 0 Å². The summed E-state index contributed by atoms with van der Waals surface area (Å²) in [6, 6.07) is 6.58. The molecule has 0 bridgehead atoms. The molecular formula is C11H7BrF3NO2S3. The Morgan fingerprint density at radius 2 is 1.76 bits per heavy atom. The van der Waals surface area contributed by atoms with Crippen LogP contribution in [0.1, 0.15) is 0 Å². The topological polar surface area (TPSA) is 46.2 Å². The molecule has 3 nitrogen and oxygen atoms in total. The zero-order chi connectivity index (χ0) is 15.7. The molecule has 1 aromatic heterocycles. The van der Waals surface area contributed by atoms with Crippen LogP contribution in [-0.4, -0.2) is 13.9 Å². The van der Waals surface area contributed by atoms with Gasteiger partial charge in [0, 0.05) is 15.1 Å². The molecule has 0 unspecified atom stereocenters. The highest BCUT2D eigenvalue weighted by molar-refractivity contribution is 9.10. The van der Waals surface area contributed by atoms with Gasteiger partial charge in [-0.05, 0) is 63.4 Å². The number of thiophene rings is 1. The van der Waals surface area contributed by atoms with Crippen molar-refractivity contribution >= 4 is 54.7 Å². The van der Waals surface area contributed by atoms with Gasteiger partial charge in [-0.1, -0.05) is 0 Å². The van der Waals surface area contributed by atoms with Crippen LogP contribution in [0.3, 0.4) is 0 Å². The number of hydrogen-bond donors (Lipinski definition) is 1. The lowest BCUT2D eigenvalue weighted by molar-refractivity contribution is -0.0328. The Balaban J connectivity index is 2.16. The van der Waals surface area contributed by atoms with E-state index < -0.39 is 15.5 Å². The number of hydrogen-bond acceptors (Lipinski definition) is 4. The molecule has 0 atom stereocenters. The van der Waals surface area contributed by atoms with Crippen LogP contribution in [0.4, 0.5) is 18.9 Å². The number of sulfonamides is 1. The van der Waals surface area contributed by atoms with E-state index in [0.29, 0.717) is 4.47 Å². The van der Waals surface area contributed by atoms with Gasteiger partial charge in [-0.3, -0.25) is 4.72 Å². The van der Waals surface area contributed by atoms with Crippen LogP contribution in [0.2, 0.25) is 0 Å². The number of rotatable bonds is 4. The molecule has 0 aliphatic rings. The predicted molar refractivity (Wildman–Crippen MR) is 81.2 cm³/mol. The van der Waals surface area contributed by atoms with E-state index in [1.165, 1.54) is 24.3 Å². The maximum absolute atomic E-state index is 12.2. The fraction of sp³-hybridized carbons (Fsp3) is 0.0909. The molecule has 2 rings (SSSR count). The third-order valence-corrected chi connectivity index (χ3v) is 6.96. The standard InChI is InChI=1S/C11H7BrF3NO2S3/c12-9-5-6-19-10(9)21(17,18)16-7-1-3-8(4-2-7)20-11(13,14)15/h1-6,16H. The van der Waals surface area contributed by atoms with Crippen LogP contribution in [0.15, 0.2) is 49.3 Å². The Labute approximate surface area is 135 Å². The normalized spacial score (nSPS) is 12.4. The predicted octanol–water partition coefficient (Wildman–Crippen LogP) is 4.92. The van der Waals surface area contributed by atoms with E-state index in [4.69, 9.17) is 0 Å². The summed E-state index contributed by atoms with van der Waals surface area (Å²) in [6.07, 6.45) is 0. The monoisotopic (exact) mass is 417 g/mol. The van der Waals surface area contributed by atoms with Crippen LogP contribution in [-0.2, 0) is 10.0 Å². The first-order valence-electron chi connectivity index (χ1n) is 5.29. The van der Waals surface area contributed by atoms with Crippen LogP contribution >= 0.6 is 39.0 Å². The van der Waals surface area contributed by atoms with Gasteiger partial charge >= 0.3 is 5.51 Å². The molecule has 0 fully saturated rings. The van der Waals surface area contributed by atoms with E-state index in [1.807, 2.05) is 0 Å². The van der Waals surface area contributed by atoms with Gasteiger partial charge < -0.3 is 0 Å². The average Bonchev–Trinajstić information content (AvgIpc) is 2.77. The van der Waals surface area contributed by atoms with Crippen molar-refractivity contribution in [2.75, 3.05) is 4.72 Å². The number of halogens is 4. The van der Waals surface area contributed by atoms with Crippen molar-refractivity contribution in [1.82, 2.24) is 0 Å². The Morgan fingerprint density at radius 3 is 2.24 bits per heavy atom. The molecule has 114 valence electrons. The van der Waals surface area contributed by atoms with E-state index in [1.54, 1.807) is 11.4 Å². The van der Waals surface area contributed by atoms with Gasteiger partial charge in [-0.25, -0.2) is 8.42 Å². The summed E-state index contributed by atoms with van der Waals surface area (Å²) in [5.41, 5.74) is -4.18. The maximum Gasteiger partial charge on any atom is 0.446 e. The highest BCUT2D eigenvalue weighted by Gasteiger charge is 2.29. The summed E-state index contributed by atoms with van der Waals surface area (Å²) in [6.45, 7) is 0. The second-order valence-corrected chi connectivity index (χ2v) is 8.52. The second-order valence-electron chi connectivity index (χ2n) is 3.73. The fourth-order valence-corrected chi connectivity index (χ4v) is 5.33. The molecule has 0 spiro atoms. The second kappa shape index (κ2) is 6.19. The lowest BCUT2D eigenvalue weighted by Crippen LogP contribution is -2.11. The molecule has 0 saturated heterocycles. The van der Waals surface area contributed by atoms with Crippen molar-refractivity contribution < 1.29 is 21.6 Å². The number of alkyl halides is 3. The molecule has 21 heavy (non-hydrogen) atoms. The van der Waals surface area contributed by atoms with E-state index in [2.05, 4.69) is 20.7 Å². The van der Waals surface area contributed by atoms with Gasteiger partial charge in [0.2, 0.25) is 0 Å². The summed E-state index contributed by atoms with van der Waals surface area (Å²) in [5, 5.41) is 1.61. The summed E-state index contributed by atoms with van der Waals surface area (Å²) in [4.78, 5) is -0.0113. The first-order valence-corrected chi connectivity index (χ1v) is 9.26. The molecule has 1 heterocycles. The Morgan fingerprint density at radius 1 is 1.14 bits per heavy atom. The Hall–Kier alpha value is -0.710. The van der Waals surface area contributed by atoms with Crippen LogP contribution < -0.4 is 4.72 Å². The summed E-state index contributed by atoms with van der Waals surface area (Å²) in [5.74, 6) is 0. The van der Waals surface area contributed by atoms with Crippen molar-refractivity contribution in [2.45, 2.75) is 14.6 Å². The Bertz CT molecular complexity index is 726. The summed E-state index contributed by atoms with van der Waals surface area (Å²) in [7, 11) is -3.76. The van der Waals surface area contributed by atoms with Crippen molar-refractivity contribution in [1.29, 1.82) is 0 Å². The number of anilines is 1. The number of benzene rings is 1. The largest absolute Gasteiger partial charge is 0.446 e. The minimum Gasteiger partial charge on any atom is -0.279 e. The van der Waals surface area contributed by atoms with Gasteiger partial charge in [0.15, 0.2) is 4.21 Å². The Kier molecular flexibility index (Phi) is 4.91. The smallest absolute Gasteiger partial charge is 0.279 e. The van der Waals surface area contributed by atoms with Gasteiger partial charge in [-0.2, -0.15) is 13.2 Å². The molecular weight excluding hydrogens is 411 g/mol. The minimum atomic E-state index is -4.37. The molecule has 0 amide bonds. The molecule has 0 saturated carbocycles. The van der Waals surface area contributed by atoms with E-state index in [0.717, 1.165) is 11.3 Å². The van der Waals surface area contributed by atoms with Crippen LogP contribution in [0.25, 0.3) is 0 Å². The third-order valence-electron chi connectivity index (χ3n) is 2.17. The summed E-state index contributed by atoms with van der Waals surface area (Å²) >= 11 is 3.90. The van der Waals surface area contributed by atoms with Gasteiger partial charge in [0.25, 0.3) is 10.0 Å². The van der Waals surface area contributed by atoms with E-state index in [9.17, 15) is 21.6 Å². The van der Waals surface area contributed by atoms with Gasteiger partial charge in [0.05, 0.1) is 0 Å². The fourth-order valence-electron chi connectivity index (χ4n) is 1.40. The minimum absolute atomic E-state index is 0.0113. The molecule has 2 aromatic rings. The first-order chi connectivity index (χ1) is 9.67. The third kappa shape index (κ3) is 4.63. The lowest BCUT2D eigenvalue weighted by Gasteiger charge is -2.09. The molecule has 1 N–H and O–H groups in total. The molecule has 0 radical (unpaired) electrons. The first kappa shape index (κ1) is 16.7. The quantitative estimate of drug-likeness (QED) is 0.717. The summed E-state index contributed by atoms with van der Waals surface area (Å²) < 4.78 is 63.6. The maximum atomic E-state index is 12.2. The highest BCUT2D eigenvalue weighted by Crippen LogP contribution is 2.37. The van der Waals surface area contributed by atoms with Gasteiger partial charge in [-0.15, -0.1) is 11.3 Å². The van der Waals surface area contributed by atoms with Crippen molar-refractivity contribution in [2.24, 2.45) is 0 Å². The highest BCUT2D eigenvalue weighted by atomic mass is 79.9. The lowest BCUT2D eigenvalue weighted by atomic mass is 10.3. The van der Waals surface area contributed by atoms with Crippen LogP contribution in [0, 0.1) is 0 Å². The van der Waals surface area contributed by atoms with E-state index in [-0.39, 0.29) is 26.6 Å².